The number of nitrogens with one attached hydrogen (secondary N) is 1. The van der Waals surface area contributed by atoms with Crippen molar-refractivity contribution in [3.05, 3.63) is 0 Å². The Morgan fingerprint density at radius 1 is 1.11 bits per heavy atom. The summed E-state index contributed by atoms with van der Waals surface area (Å²) in [6, 6.07) is 2.63. The van der Waals surface area contributed by atoms with E-state index < -0.39 is 0 Å². The molecule has 0 amide bonds. The molecule has 3 fully saturated rings. The molecular weight excluding hydrogens is 220 g/mol. The molecule has 2 saturated heterocycles. The van der Waals surface area contributed by atoms with E-state index in [2.05, 4.69) is 24.2 Å². The van der Waals surface area contributed by atoms with Gasteiger partial charge in [0, 0.05) is 18.1 Å². The molecule has 3 rings (SSSR count). The first-order chi connectivity index (χ1) is 8.78. The van der Waals surface area contributed by atoms with Crippen molar-refractivity contribution in [3.63, 3.8) is 0 Å². The normalized spacial score (nSPS) is 38.0. The summed E-state index contributed by atoms with van der Waals surface area (Å²) in [5.74, 6) is 2.03. The molecule has 0 radical (unpaired) electrons. The molecule has 3 aliphatic rings. The molecule has 1 aliphatic carbocycles. The maximum absolute atomic E-state index is 3.88. The quantitative estimate of drug-likeness (QED) is 0.779. The maximum atomic E-state index is 3.88. The van der Waals surface area contributed by atoms with Crippen LogP contribution in [0.3, 0.4) is 0 Å². The van der Waals surface area contributed by atoms with Gasteiger partial charge in [0.1, 0.15) is 0 Å². The van der Waals surface area contributed by atoms with Gasteiger partial charge in [-0.1, -0.05) is 19.8 Å². The van der Waals surface area contributed by atoms with Crippen LogP contribution in [0, 0.1) is 11.8 Å². The van der Waals surface area contributed by atoms with Crippen molar-refractivity contribution < 1.29 is 0 Å². The molecule has 1 N–H and O–H groups in total. The fourth-order valence-electron chi connectivity index (χ4n) is 4.27. The molecule has 3 unspecified atom stereocenters. The summed E-state index contributed by atoms with van der Waals surface area (Å²) in [6.45, 7) is 3.51. The molecule has 2 heterocycles. The minimum absolute atomic E-state index is 0.828. The van der Waals surface area contributed by atoms with Gasteiger partial charge in [-0.2, -0.15) is 0 Å². The Morgan fingerprint density at radius 3 is 2.33 bits per heavy atom. The van der Waals surface area contributed by atoms with Crippen molar-refractivity contribution in [2.45, 2.75) is 76.4 Å². The lowest BCUT2D eigenvalue weighted by Crippen LogP contribution is -2.47. The van der Waals surface area contributed by atoms with Crippen molar-refractivity contribution in [2.24, 2.45) is 11.8 Å². The molecule has 0 spiro atoms. The van der Waals surface area contributed by atoms with Gasteiger partial charge < -0.3 is 10.2 Å². The fraction of sp³-hybridized carbons (Fsp3) is 1.00. The van der Waals surface area contributed by atoms with Gasteiger partial charge in [0.15, 0.2) is 0 Å². The Balaban J connectivity index is 1.59. The van der Waals surface area contributed by atoms with Crippen molar-refractivity contribution in [2.75, 3.05) is 13.6 Å². The Hall–Kier alpha value is -0.0800. The summed E-state index contributed by atoms with van der Waals surface area (Å²) in [6.07, 6.45) is 11.6. The topological polar surface area (TPSA) is 15.3 Å². The SMILES string of the molecule is CCCNC(CC1CC1)C1CC2CCC(C1)N2C. The van der Waals surface area contributed by atoms with Gasteiger partial charge >= 0.3 is 0 Å². The number of nitrogens with zero attached hydrogens (tertiary/aromatic N) is 1. The Kier molecular flexibility index (Phi) is 3.95. The van der Waals surface area contributed by atoms with E-state index in [1.165, 1.54) is 57.9 Å². The molecule has 104 valence electrons. The van der Waals surface area contributed by atoms with Gasteiger partial charge in [-0.25, -0.2) is 0 Å². The van der Waals surface area contributed by atoms with Gasteiger partial charge in [0.25, 0.3) is 0 Å². The third-order valence-corrected chi connectivity index (χ3v) is 5.64. The summed E-state index contributed by atoms with van der Waals surface area (Å²) in [4.78, 5) is 2.67. The summed E-state index contributed by atoms with van der Waals surface area (Å²) in [7, 11) is 2.36. The van der Waals surface area contributed by atoms with Gasteiger partial charge in [0.2, 0.25) is 0 Å². The molecular formula is C16H30N2. The average molecular weight is 250 g/mol. The Bertz CT molecular complexity index is 260. The van der Waals surface area contributed by atoms with Gasteiger partial charge in [0.05, 0.1) is 0 Å². The van der Waals surface area contributed by atoms with E-state index in [0.717, 1.165) is 30.0 Å². The molecule has 0 aromatic carbocycles. The fourth-order valence-corrected chi connectivity index (χ4v) is 4.27. The molecule has 2 heteroatoms. The van der Waals surface area contributed by atoms with Crippen molar-refractivity contribution in [3.8, 4) is 0 Å². The van der Waals surface area contributed by atoms with E-state index in [1.54, 1.807) is 0 Å². The number of rotatable bonds is 6. The smallest absolute Gasteiger partial charge is 0.00991 e. The van der Waals surface area contributed by atoms with Crippen LogP contribution in [0.2, 0.25) is 0 Å². The number of hydrogen-bond acceptors (Lipinski definition) is 2. The van der Waals surface area contributed by atoms with E-state index >= 15 is 0 Å². The lowest BCUT2D eigenvalue weighted by atomic mass is 9.83. The molecule has 18 heavy (non-hydrogen) atoms. The van der Waals surface area contributed by atoms with Crippen LogP contribution >= 0.6 is 0 Å². The molecule has 2 bridgehead atoms. The molecule has 0 aromatic heterocycles. The lowest BCUT2D eigenvalue weighted by molar-refractivity contribution is 0.108. The number of piperidine rings is 1. The lowest BCUT2D eigenvalue weighted by Gasteiger charge is -2.40. The maximum Gasteiger partial charge on any atom is 0.00991 e. The largest absolute Gasteiger partial charge is 0.314 e. The summed E-state index contributed by atoms with van der Waals surface area (Å²) in [5.41, 5.74) is 0. The molecule has 2 nitrogen and oxygen atoms in total. The number of hydrogen-bond donors (Lipinski definition) is 1. The average Bonchev–Trinajstić information content (AvgIpc) is 3.15. The van der Waals surface area contributed by atoms with E-state index in [0.29, 0.717) is 0 Å². The van der Waals surface area contributed by atoms with Crippen LogP contribution in [0.25, 0.3) is 0 Å². The Labute approximate surface area is 113 Å². The second kappa shape index (κ2) is 5.50. The highest BCUT2D eigenvalue weighted by molar-refractivity contribution is 4.97. The van der Waals surface area contributed by atoms with E-state index in [9.17, 15) is 0 Å². The zero-order valence-electron chi connectivity index (χ0n) is 12.2. The first-order valence-corrected chi connectivity index (χ1v) is 8.23. The van der Waals surface area contributed by atoms with E-state index in [-0.39, 0.29) is 0 Å². The van der Waals surface area contributed by atoms with Crippen LogP contribution in [0.15, 0.2) is 0 Å². The standard InChI is InChI=1S/C16H30N2/c1-3-8-17-16(9-12-4-5-12)13-10-14-6-7-15(11-13)18(14)2/h12-17H,3-11H2,1-2H3. The van der Waals surface area contributed by atoms with Gasteiger partial charge in [-0.3, -0.25) is 0 Å². The van der Waals surface area contributed by atoms with Gasteiger partial charge in [-0.05, 0) is 64.0 Å². The highest BCUT2D eigenvalue weighted by atomic mass is 15.2. The third kappa shape index (κ3) is 2.75. The third-order valence-electron chi connectivity index (χ3n) is 5.64. The van der Waals surface area contributed by atoms with Crippen LogP contribution in [-0.2, 0) is 0 Å². The first kappa shape index (κ1) is 12.9. The van der Waals surface area contributed by atoms with Crippen LogP contribution < -0.4 is 5.32 Å². The minimum Gasteiger partial charge on any atom is -0.314 e. The van der Waals surface area contributed by atoms with Crippen molar-refractivity contribution in [1.82, 2.24) is 10.2 Å². The van der Waals surface area contributed by atoms with Crippen molar-refractivity contribution >= 4 is 0 Å². The Morgan fingerprint density at radius 2 is 1.78 bits per heavy atom. The molecule has 0 aromatic rings. The van der Waals surface area contributed by atoms with Crippen LogP contribution in [0.1, 0.15) is 58.3 Å². The zero-order chi connectivity index (χ0) is 12.5. The van der Waals surface area contributed by atoms with Crippen LogP contribution in [0.5, 0.6) is 0 Å². The van der Waals surface area contributed by atoms with E-state index in [4.69, 9.17) is 0 Å². The van der Waals surface area contributed by atoms with Crippen LogP contribution in [0.4, 0.5) is 0 Å². The zero-order valence-corrected chi connectivity index (χ0v) is 12.2. The monoisotopic (exact) mass is 250 g/mol. The molecule has 3 atom stereocenters. The first-order valence-electron chi connectivity index (χ1n) is 8.23. The van der Waals surface area contributed by atoms with E-state index in [1.807, 2.05) is 0 Å². The van der Waals surface area contributed by atoms with Crippen LogP contribution in [-0.4, -0.2) is 36.6 Å². The minimum atomic E-state index is 0.828. The predicted molar refractivity (Wildman–Crippen MR) is 76.7 cm³/mol. The molecule has 2 aliphatic heterocycles. The van der Waals surface area contributed by atoms with Gasteiger partial charge in [-0.15, -0.1) is 0 Å². The second-order valence-electron chi connectivity index (χ2n) is 7.02. The van der Waals surface area contributed by atoms with Crippen molar-refractivity contribution in [1.29, 1.82) is 0 Å². The highest BCUT2D eigenvalue weighted by Crippen LogP contribution is 2.42. The second-order valence-corrected chi connectivity index (χ2v) is 7.02. The predicted octanol–water partition coefficient (Wildman–Crippen LogP) is 3.03. The number of fused-ring (bicyclic) bond motifs is 2. The summed E-state index contributed by atoms with van der Waals surface area (Å²) in [5, 5.41) is 3.88. The summed E-state index contributed by atoms with van der Waals surface area (Å²) >= 11 is 0. The summed E-state index contributed by atoms with van der Waals surface area (Å²) < 4.78 is 0. The molecule has 1 saturated carbocycles. The highest BCUT2D eigenvalue weighted by Gasteiger charge is 2.41.